The third-order valence-electron chi connectivity index (χ3n) is 3.75. The van der Waals surface area contributed by atoms with Crippen molar-refractivity contribution in [1.29, 1.82) is 0 Å². The zero-order valence-corrected chi connectivity index (χ0v) is 14.0. The highest BCUT2D eigenvalue weighted by atomic mass is 16.2. The highest BCUT2D eigenvalue weighted by molar-refractivity contribution is 6.02. The summed E-state index contributed by atoms with van der Waals surface area (Å²) in [5.74, 6) is -0.536. The van der Waals surface area contributed by atoms with Crippen LogP contribution in [0.25, 0.3) is 10.9 Å². The first-order chi connectivity index (χ1) is 12.0. The molecule has 0 saturated carbocycles. The Balaban J connectivity index is 1.74. The van der Waals surface area contributed by atoms with E-state index in [9.17, 15) is 9.59 Å². The third kappa shape index (κ3) is 3.74. The fourth-order valence-corrected chi connectivity index (χ4v) is 2.63. The average molecular weight is 334 g/mol. The van der Waals surface area contributed by atoms with Crippen molar-refractivity contribution in [3.63, 3.8) is 0 Å². The number of para-hydroxylation sites is 1. The van der Waals surface area contributed by atoms with E-state index < -0.39 is 0 Å². The molecule has 0 saturated heterocycles. The lowest BCUT2D eigenvalue weighted by atomic mass is 10.1. The summed E-state index contributed by atoms with van der Waals surface area (Å²) >= 11 is 0. The Kier molecular flexibility index (Phi) is 4.61. The van der Waals surface area contributed by atoms with Crippen LogP contribution in [0.2, 0.25) is 0 Å². The van der Waals surface area contributed by atoms with E-state index in [-0.39, 0.29) is 11.8 Å². The molecule has 6 heteroatoms. The van der Waals surface area contributed by atoms with Crippen molar-refractivity contribution in [2.45, 2.75) is 13.8 Å². The maximum Gasteiger partial charge on any atom is 0.271 e. The molecule has 0 bridgehead atoms. The van der Waals surface area contributed by atoms with E-state index in [1.165, 1.54) is 6.92 Å². The zero-order chi connectivity index (χ0) is 17.8. The molecule has 0 unspecified atom stereocenters. The number of hydrogen-bond donors (Lipinski definition) is 3. The molecule has 1 aromatic heterocycles. The van der Waals surface area contributed by atoms with Gasteiger partial charge in [-0.3, -0.25) is 9.59 Å². The fraction of sp³-hybridized carbons (Fsp3) is 0.105. The molecule has 6 nitrogen and oxygen atoms in total. The molecule has 2 amide bonds. The average Bonchev–Trinajstić information content (AvgIpc) is 2.90. The highest BCUT2D eigenvalue weighted by Crippen LogP contribution is 2.19. The molecule has 1 heterocycles. The third-order valence-corrected chi connectivity index (χ3v) is 3.75. The van der Waals surface area contributed by atoms with Gasteiger partial charge in [0.25, 0.3) is 5.91 Å². The second kappa shape index (κ2) is 7.00. The number of aromatic amines is 1. The standard InChI is InChI=1S/C19H18N4O2/c1-12-17(16-8-3-4-9-18(16)21-12)11-20-23-19(25)14-6-5-7-15(10-14)22-13(2)24/h3-11,21H,1-2H3,(H,22,24)(H,23,25)/b20-11-. The summed E-state index contributed by atoms with van der Waals surface area (Å²) in [5.41, 5.74) is 6.43. The molecule has 0 fully saturated rings. The van der Waals surface area contributed by atoms with Crippen LogP contribution in [0, 0.1) is 6.92 Å². The van der Waals surface area contributed by atoms with Crippen molar-refractivity contribution in [3.05, 3.63) is 65.4 Å². The predicted octanol–water partition coefficient (Wildman–Crippen LogP) is 3.20. The van der Waals surface area contributed by atoms with Gasteiger partial charge in [-0.2, -0.15) is 5.10 Å². The van der Waals surface area contributed by atoms with Gasteiger partial charge in [-0.15, -0.1) is 0 Å². The number of fused-ring (bicyclic) bond motifs is 1. The van der Waals surface area contributed by atoms with E-state index >= 15 is 0 Å². The van der Waals surface area contributed by atoms with Crippen molar-refractivity contribution in [1.82, 2.24) is 10.4 Å². The van der Waals surface area contributed by atoms with E-state index in [0.717, 1.165) is 22.2 Å². The fourth-order valence-electron chi connectivity index (χ4n) is 2.63. The molecule has 0 atom stereocenters. The summed E-state index contributed by atoms with van der Waals surface area (Å²) in [7, 11) is 0. The van der Waals surface area contributed by atoms with Gasteiger partial charge in [0.1, 0.15) is 0 Å². The molecule has 126 valence electrons. The zero-order valence-electron chi connectivity index (χ0n) is 14.0. The lowest BCUT2D eigenvalue weighted by Gasteiger charge is -2.04. The number of nitrogens with one attached hydrogen (secondary N) is 3. The van der Waals surface area contributed by atoms with Gasteiger partial charge in [0.2, 0.25) is 5.91 Å². The molecule has 3 aromatic rings. The van der Waals surface area contributed by atoms with Crippen LogP contribution >= 0.6 is 0 Å². The van der Waals surface area contributed by atoms with E-state index in [2.05, 4.69) is 20.8 Å². The Morgan fingerprint density at radius 3 is 2.72 bits per heavy atom. The summed E-state index contributed by atoms with van der Waals surface area (Å²) < 4.78 is 0. The maximum atomic E-state index is 12.2. The Labute approximate surface area is 144 Å². The van der Waals surface area contributed by atoms with Crippen LogP contribution in [-0.4, -0.2) is 23.0 Å². The number of rotatable bonds is 4. The second-order valence-electron chi connectivity index (χ2n) is 5.67. The van der Waals surface area contributed by atoms with Crippen molar-refractivity contribution in [3.8, 4) is 0 Å². The van der Waals surface area contributed by atoms with E-state index in [1.54, 1.807) is 30.5 Å². The van der Waals surface area contributed by atoms with Gasteiger partial charge in [0, 0.05) is 40.3 Å². The van der Waals surface area contributed by atoms with Crippen LogP contribution in [0.15, 0.2) is 53.6 Å². The number of aromatic nitrogens is 1. The first-order valence-corrected chi connectivity index (χ1v) is 7.83. The molecule has 0 radical (unpaired) electrons. The Morgan fingerprint density at radius 1 is 1.12 bits per heavy atom. The monoisotopic (exact) mass is 334 g/mol. The first kappa shape index (κ1) is 16.4. The minimum Gasteiger partial charge on any atom is -0.358 e. The van der Waals surface area contributed by atoms with Gasteiger partial charge in [-0.1, -0.05) is 24.3 Å². The number of H-pyrrole nitrogens is 1. The first-order valence-electron chi connectivity index (χ1n) is 7.83. The van der Waals surface area contributed by atoms with Gasteiger partial charge in [0.15, 0.2) is 0 Å². The predicted molar refractivity (Wildman–Crippen MR) is 98.8 cm³/mol. The minimum atomic E-state index is -0.346. The van der Waals surface area contributed by atoms with Gasteiger partial charge >= 0.3 is 0 Å². The number of amides is 2. The SMILES string of the molecule is CC(=O)Nc1cccc(C(=O)N/N=C\c2c(C)[nH]c3ccccc23)c1. The molecule has 3 N–H and O–H groups in total. The summed E-state index contributed by atoms with van der Waals surface area (Å²) in [6, 6.07) is 14.6. The summed E-state index contributed by atoms with van der Waals surface area (Å²) in [5, 5.41) is 7.75. The number of carbonyl (C=O) groups excluding carboxylic acids is 2. The largest absolute Gasteiger partial charge is 0.358 e. The number of carbonyl (C=O) groups is 2. The van der Waals surface area contributed by atoms with E-state index in [4.69, 9.17) is 0 Å². The Morgan fingerprint density at radius 2 is 1.92 bits per heavy atom. The van der Waals surface area contributed by atoms with Gasteiger partial charge in [0.05, 0.1) is 6.21 Å². The van der Waals surface area contributed by atoms with Crippen molar-refractivity contribution in [2.24, 2.45) is 5.10 Å². The Hall–Kier alpha value is -3.41. The summed E-state index contributed by atoms with van der Waals surface area (Å²) in [6.45, 7) is 3.38. The number of anilines is 1. The Bertz CT molecular complexity index is 972. The van der Waals surface area contributed by atoms with Crippen molar-refractivity contribution < 1.29 is 9.59 Å². The van der Waals surface area contributed by atoms with Crippen LogP contribution in [0.5, 0.6) is 0 Å². The normalized spacial score (nSPS) is 11.0. The lowest BCUT2D eigenvalue weighted by Crippen LogP contribution is -2.18. The summed E-state index contributed by atoms with van der Waals surface area (Å²) in [6.07, 6.45) is 1.63. The second-order valence-corrected chi connectivity index (χ2v) is 5.67. The van der Waals surface area contributed by atoms with E-state index in [0.29, 0.717) is 11.3 Å². The highest BCUT2D eigenvalue weighted by Gasteiger charge is 2.07. The number of aryl methyl sites for hydroxylation is 1. The van der Waals surface area contributed by atoms with Crippen LogP contribution in [0.1, 0.15) is 28.5 Å². The lowest BCUT2D eigenvalue weighted by molar-refractivity contribution is -0.114. The molecule has 3 rings (SSSR count). The van der Waals surface area contributed by atoms with Crippen LogP contribution < -0.4 is 10.7 Å². The molecule has 0 spiro atoms. The smallest absolute Gasteiger partial charge is 0.271 e. The molecular formula is C19H18N4O2. The molecule has 0 aliphatic carbocycles. The number of hydrogen-bond acceptors (Lipinski definition) is 3. The molecule has 0 aliphatic heterocycles. The number of nitrogens with zero attached hydrogens (tertiary/aromatic N) is 1. The van der Waals surface area contributed by atoms with Gasteiger partial charge < -0.3 is 10.3 Å². The van der Waals surface area contributed by atoms with E-state index in [1.807, 2.05) is 31.2 Å². The maximum absolute atomic E-state index is 12.2. The topological polar surface area (TPSA) is 86.3 Å². The number of hydrazone groups is 1. The van der Waals surface area contributed by atoms with Crippen molar-refractivity contribution >= 4 is 34.6 Å². The van der Waals surface area contributed by atoms with Gasteiger partial charge in [-0.05, 0) is 31.2 Å². The molecule has 0 aliphatic rings. The van der Waals surface area contributed by atoms with Crippen molar-refractivity contribution in [2.75, 3.05) is 5.32 Å². The number of benzene rings is 2. The van der Waals surface area contributed by atoms with Crippen LogP contribution in [0.3, 0.4) is 0 Å². The molecule has 25 heavy (non-hydrogen) atoms. The van der Waals surface area contributed by atoms with Crippen LogP contribution in [0.4, 0.5) is 5.69 Å². The van der Waals surface area contributed by atoms with Crippen LogP contribution in [-0.2, 0) is 4.79 Å². The summed E-state index contributed by atoms with van der Waals surface area (Å²) in [4.78, 5) is 26.6. The quantitative estimate of drug-likeness (QED) is 0.505. The molecular weight excluding hydrogens is 316 g/mol. The minimum absolute atomic E-state index is 0.189. The molecule has 2 aromatic carbocycles. The van der Waals surface area contributed by atoms with Gasteiger partial charge in [-0.25, -0.2) is 5.43 Å².